The van der Waals surface area contributed by atoms with E-state index in [2.05, 4.69) is 39.5 Å². The molecule has 0 spiro atoms. The van der Waals surface area contributed by atoms with Crippen LogP contribution in [-0.4, -0.2) is 51.2 Å². The Labute approximate surface area is 147 Å². The molecule has 2 N–H and O–H groups in total. The van der Waals surface area contributed by atoms with Crippen LogP contribution in [0.3, 0.4) is 0 Å². The molecule has 3 heterocycles. The van der Waals surface area contributed by atoms with Crippen LogP contribution < -0.4 is 5.32 Å². The maximum atomic E-state index is 12.0. The number of carboxylic acid groups (broad SMARTS) is 1. The molecule has 6 nitrogen and oxygen atoms in total. The van der Waals surface area contributed by atoms with E-state index in [0.717, 1.165) is 44.6 Å². The summed E-state index contributed by atoms with van der Waals surface area (Å²) in [6, 6.07) is 8.51. The minimum Gasteiger partial charge on any atom is -0.481 e. The number of fused-ring (bicyclic) bond motifs is 1. The van der Waals surface area contributed by atoms with Gasteiger partial charge in [0.1, 0.15) is 0 Å². The second-order valence-electron chi connectivity index (χ2n) is 7.21. The van der Waals surface area contributed by atoms with Crippen LogP contribution in [0.25, 0.3) is 5.69 Å². The number of carbonyl (C=O) groups is 1. The Morgan fingerprint density at radius 2 is 2.20 bits per heavy atom. The fraction of sp³-hybridized carbons (Fsp3) is 0.474. The van der Waals surface area contributed by atoms with Gasteiger partial charge in [0.25, 0.3) is 0 Å². The molecule has 25 heavy (non-hydrogen) atoms. The van der Waals surface area contributed by atoms with Crippen LogP contribution in [0.15, 0.2) is 43.0 Å². The molecule has 4 rings (SSSR count). The normalized spacial score (nSPS) is 27.0. The number of imidazole rings is 1. The third kappa shape index (κ3) is 3.07. The van der Waals surface area contributed by atoms with E-state index in [1.54, 1.807) is 12.5 Å². The van der Waals surface area contributed by atoms with Crippen molar-refractivity contribution in [2.75, 3.05) is 19.6 Å². The Kier molecular flexibility index (Phi) is 4.31. The van der Waals surface area contributed by atoms with E-state index in [9.17, 15) is 9.90 Å². The van der Waals surface area contributed by atoms with Crippen LogP contribution in [0.4, 0.5) is 0 Å². The largest absolute Gasteiger partial charge is 0.481 e. The van der Waals surface area contributed by atoms with Gasteiger partial charge in [-0.15, -0.1) is 0 Å². The maximum Gasteiger partial charge on any atom is 0.312 e. The van der Waals surface area contributed by atoms with Crippen molar-refractivity contribution in [3.63, 3.8) is 0 Å². The molecule has 1 aromatic carbocycles. The molecule has 6 heteroatoms. The predicted octanol–water partition coefficient (Wildman–Crippen LogP) is 1.90. The van der Waals surface area contributed by atoms with Crippen molar-refractivity contribution in [1.29, 1.82) is 0 Å². The molecule has 0 saturated carbocycles. The molecule has 2 aromatic rings. The Bertz CT molecular complexity index is 728. The highest BCUT2D eigenvalue weighted by Gasteiger charge is 2.50. The summed E-state index contributed by atoms with van der Waals surface area (Å²) in [6.45, 7) is 3.31. The molecule has 0 bridgehead atoms. The average Bonchev–Trinajstić information content (AvgIpc) is 3.17. The first-order chi connectivity index (χ1) is 12.2. The Morgan fingerprint density at radius 1 is 1.36 bits per heavy atom. The smallest absolute Gasteiger partial charge is 0.312 e. The number of hydrogen-bond donors (Lipinski definition) is 2. The average molecular weight is 340 g/mol. The Balaban J connectivity index is 1.47. The summed E-state index contributed by atoms with van der Waals surface area (Å²) in [7, 11) is 0. The van der Waals surface area contributed by atoms with Crippen LogP contribution >= 0.6 is 0 Å². The summed E-state index contributed by atoms with van der Waals surface area (Å²) in [6.07, 6.45) is 8.09. The van der Waals surface area contributed by atoms with Crippen molar-refractivity contribution in [3.05, 3.63) is 48.5 Å². The topological polar surface area (TPSA) is 70.4 Å². The first-order valence-corrected chi connectivity index (χ1v) is 8.94. The van der Waals surface area contributed by atoms with Gasteiger partial charge in [-0.3, -0.25) is 9.69 Å². The first-order valence-electron chi connectivity index (χ1n) is 8.94. The molecule has 132 valence electrons. The van der Waals surface area contributed by atoms with Gasteiger partial charge in [0, 0.05) is 43.8 Å². The van der Waals surface area contributed by atoms with Crippen LogP contribution in [-0.2, 0) is 11.3 Å². The number of likely N-dealkylation sites (tertiary alicyclic amines) is 1. The molecule has 2 aliphatic heterocycles. The number of nitrogens with one attached hydrogen (secondary N) is 1. The standard InChI is InChI=1S/C19H24N4O2/c24-18(25)19-7-1-8-21-17(19)6-10-22(13-19)12-15-2-4-16(5-3-15)23-11-9-20-14-23/h2-5,9,11,14,17,21H,1,6-8,10,12-13H2,(H,24,25)/t17-,19+/m1/s1. The molecule has 0 unspecified atom stereocenters. The number of hydrogen-bond acceptors (Lipinski definition) is 4. The molecule has 2 fully saturated rings. The number of aliphatic carboxylic acids is 1. The zero-order valence-corrected chi connectivity index (χ0v) is 14.3. The van der Waals surface area contributed by atoms with Crippen LogP contribution in [0.1, 0.15) is 24.8 Å². The van der Waals surface area contributed by atoms with Gasteiger partial charge >= 0.3 is 5.97 Å². The second kappa shape index (κ2) is 6.61. The van der Waals surface area contributed by atoms with Crippen molar-refractivity contribution in [2.45, 2.75) is 31.8 Å². The lowest BCUT2D eigenvalue weighted by molar-refractivity contribution is -0.157. The highest BCUT2D eigenvalue weighted by Crippen LogP contribution is 2.38. The monoisotopic (exact) mass is 340 g/mol. The lowest BCUT2D eigenvalue weighted by atomic mass is 9.70. The van der Waals surface area contributed by atoms with Crippen molar-refractivity contribution in [2.24, 2.45) is 5.41 Å². The summed E-state index contributed by atoms with van der Waals surface area (Å²) in [4.78, 5) is 18.4. The molecule has 0 aliphatic carbocycles. The summed E-state index contributed by atoms with van der Waals surface area (Å²) >= 11 is 0. The number of nitrogens with zero attached hydrogens (tertiary/aromatic N) is 3. The van der Waals surface area contributed by atoms with E-state index < -0.39 is 11.4 Å². The Hall–Kier alpha value is -2.18. The zero-order valence-electron chi connectivity index (χ0n) is 14.3. The van der Waals surface area contributed by atoms with E-state index in [-0.39, 0.29) is 6.04 Å². The van der Waals surface area contributed by atoms with Gasteiger partial charge < -0.3 is 15.0 Å². The summed E-state index contributed by atoms with van der Waals surface area (Å²) < 4.78 is 1.97. The van der Waals surface area contributed by atoms with Gasteiger partial charge in [0.2, 0.25) is 0 Å². The van der Waals surface area contributed by atoms with E-state index >= 15 is 0 Å². The number of aromatic nitrogens is 2. The highest BCUT2D eigenvalue weighted by molar-refractivity contribution is 5.76. The lowest BCUT2D eigenvalue weighted by Crippen LogP contribution is -2.62. The zero-order chi connectivity index (χ0) is 17.3. The third-order valence-electron chi connectivity index (χ3n) is 5.67. The van der Waals surface area contributed by atoms with Gasteiger partial charge in [-0.25, -0.2) is 4.98 Å². The fourth-order valence-corrected chi connectivity index (χ4v) is 4.31. The summed E-state index contributed by atoms with van der Waals surface area (Å²) in [5, 5.41) is 13.3. The van der Waals surface area contributed by atoms with Gasteiger partial charge in [0.15, 0.2) is 0 Å². The number of rotatable bonds is 4. The number of piperidine rings is 2. The van der Waals surface area contributed by atoms with Crippen LogP contribution in [0.5, 0.6) is 0 Å². The van der Waals surface area contributed by atoms with E-state index in [1.807, 2.05) is 10.8 Å². The van der Waals surface area contributed by atoms with Gasteiger partial charge in [-0.1, -0.05) is 12.1 Å². The molecule has 1 aromatic heterocycles. The summed E-state index contributed by atoms with van der Waals surface area (Å²) in [5.41, 5.74) is 1.66. The van der Waals surface area contributed by atoms with Crippen molar-refractivity contribution in [3.8, 4) is 5.69 Å². The predicted molar refractivity (Wildman–Crippen MR) is 94.6 cm³/mol. The minimum atomic E-state index is -0.648. The SMILES string of the molecule is O=C(O)[C@]12CCCN[C@@H]1CCN(Cc1ccc(-n3ccnc3)cc1)C2. The molecule has 0 amide bonds. The van der Waals surface area contributed by atoms with Gasteiger partial charge in [-0.2, -0.15) is 0 Å². The number of carboxylic acids is 1. The lowest BCUT2D eigenvalue weighted by Gasteiger charge is -2.48. The molecule has 0 radical (unpaired) electrons. The maximum absolute atomic E-state index is 12.0. The first kappa shape index (κ1) is 16.3. The van der Waals surface area contributed by atoms with Crippen LogP contribution in [0.2, 0.25) is 0 Å². The Morgan fingerprint density at radius 3 is 2.92 bits per heavy atom. The minimum absolute atomic E-state index is 0.110. The summed E-state index contributed by atoms with van der Waals surface area (Å²) in [5.74, 6) is -0.648. The van der Waals surface area contributed by atoms with E-state index in [1.165, 1.54) is 5.56 Å². The second-order valence-corrected chi connectivity index (χ2v) is 7.21. The molecule has 2 aliphatic rings. The van der Waals surface area contributed by atoms with Gasteiger partial charge in [-0.05, 0) is 43.5 Å². The molecule has 2 atom stereocenters. The van der Waals surface area contributed by atoms with Crippen molar-refractivity contribution in [1.82, 2.24) is 19.8 Å². The quantitative estimate of drug-likeness (QED) is 0.890. The molecular formula is C19H24N4O2. The molecule has 2 saturated heterocycles. The van der Waals surface area contributed by atoms with Crippen LogP contribution in [0, 0.1) is 5.41 Å². The molecular weight excluding hydrogens is 316 g/mol. The van der Waals surface area contributed by atoms with E-state index in [4.69, 9.17) is 0 Å². The fourth-order valence-electron chi connectivity index (χ4n) is 4.31. The highest BCUT2D eigenvalue weighted by atomic mass is 16.4. The van der Waals surface area contributed by atoms with E-state index in [0.29, 0.717) is 6.54 Å². The van der Waals surface area contributed by atoms with Gasteiger partial charge in [0.05, 0.1) is 11.7 Å². The van der Waals surface area contributed by atoms with Crippen molar-refractivity contribution < 1.29 is 9.90 Å². The van der Waals surface area contributed by atoms with Crippen molar-refractivity contribution >= 4 is 5.97 Å². The third-order valence-corrected chi connectivity index (χ3v) is 5.67. The number of benzene rings is 1.